The first kappa shape index (κ1) is 27.2. The first-order valence-electron chi connectivity index (χ1n) is 13.4. The quantitative estimate of drug-likeness (QED) is 0.342. The molecule has 0 aliphatic carbocycles. The van der Waals surface area contributed by atoms with Crippen molar-refractivity contribution in [1.29, 1.82) is 0 Å². The fourth-order valence-electron chi connectivity index (χ4n) is 4.87. The Labute approximate surface area is 233 Å². The lowest BCUT2D eigenvalue weighted by Gasteiger charge is -2.28. The third-order valence-electron chi connectivity index (χ3n) is 7.06. The predicted molar refractivity (Wildman–Crippen MR) is 154 cm³/mol. The number of morpholine rings is 1. The van der Waals surface area contributed by atoms with Gasteiger partial charge in [0.2, 0.25) is 11.8 Å². The van der Waals surface area contributed by atoms with E-state index in [2.05, 4.69) is 10.2 Å². The van der Waals surface area contributed by atoms with Crippen LogP contribution in [0.3, 0.4) is 0 Å². The van der Waals surface area contributed by atoms with Crippen LogP contribution in [-0.2, 0) is 19.1 Å². The second-order valence-electron chi connectivity index (χ2n) is 9.67. The number of fused-ring (bicyclic) bond motifs is 1. The van der Waals surface area contributed by atoms with E-state index < -0.39 is 11.9 Å². The minimum atomic E-state index is -0.661. The van der Waals surface area contributed by atoms with Crippen LogP contribution in [0.4, 0.5) is 17.1 Å². The van der Waals surface area contributed by atoms with Gasteiger partial charge in [0.15, 0.2) is 0 Å². The van der Waals surface area contributed by atoms with Crippen LogP contribution in [0.1, 0.15) is 34.3 Å². The van der Waals surface area contributed by atoms with Crippen LogP contribution in [0.5, 0.6) is 0 Å². The molecule has 0 saturated carbocycles. The molecule has 1 atom stereocenters. The lowest BCUT2D eigenvalue weighted by atomic mass is 9.90. The van der Waals surface area contributed by atoms with Crippen molar-refractivity contribution in [3.8, 4) is 0 Å². The van der Waals surface area contributed by atoms with Gasteiger partial charge in [-0.2, -0.15) is 0 Å². The Kier molecular flexibility index (Phi) is 8.33. The topological polar surface area (TPSA) is 101 Å². The lowest BCUT2D eigenvalue weighted by Crippen LogP contribution is -2.43. The number of nitrogens with one attached hydrogen (secondary N) is 1. The van der Waals surface area contributed by atoms with E-state index in [9.17, 15) is 14.4 Å². The highest BCUT2D eigenvalue weighted by molar-refractivity contribution is 6.24. The maximum Gasteiger partial charge on any atom is 0.338 e. The van der Waals surface area contributed by atoms with Crippen molar-refractivity contribution in [1.82, 2.24) is 4.90 Å². The molecule has 1 unspecified atom stereocenters. The summed E-state index contributed by atoms with van der Waals surface area (Å²) in [6, 6.07) is 22.0. The number of likely N-dealkylation sites (N-methyl/N-ethyl adjacent to an activating group) is 1. The van der Waals surface area contributed by atoms with Gasteiger partial charge in [0.25, 0.3) is 0 Å². The van der Waals surface area contributed by atoms with Gasteiger partial charge in [-0.05, 0) is 54.4 Å². The van der Waals surface area contributed by atoms with Crippen molar-refractivity contribution in [2.75, 3.05) is 56.7 Å². The van der Waals surface area contributed by atoms with E-state index in [1.54, 1.807) is 37.1 Å². The molecule has 2 amide bonds. The van der Waals surface area contributed by atoms with E-state index in [4.69, 9.17) is 14.5 Å². The van der Waals surface area contributed by atoms with E-state index in [1.165, 1.54) is 0 Å². The van der Waals surface area contributed by atoms with Gasteiger partial charge in [0.05, 0.1) is 43.3 Å². The van der Waals surface area contributed by atoms with Gasteiger partial charge < -0.3 is 19.7 Å². The molecule has 9 heteroatoms. The minimum Gasteiger partial charge on any atom is -0.462 e. The van der Waals surface area contributed by atoms with Crippen molar-refractivity contribution in [3.63, 3.8) is 0 Å². The van der Waals surface area contributed by atoms with Crippen LogP contribution < -0.4 is 10.2 Å². The summed E-state index contributed by atoms with van der Waals surface area (Å²) in [4.78, 5) is 47.0. The molecule has 40 heavy (non-hydrogen) atoms. The van der Waals surface area contributed by atoms with Gasteiger partial charge in [-0.1, -0.05) is 36.4 Å². The molecule has 0 spiro atoms. The summed E-state index contributed by atoms with van der Waals surface area (Å²) in [5.41, 5.74) is 4.50. The molecule has 3 aromatic carbocycles. The zero-order chi connectivity index (χ0) is 28.1. The monoisotopic (exact) mass is 540 g/mol. The largest absolute Gasteiger partial charge is 0.462 e. The van der Waals surface area contributed by atoms with Crippen LogP contribution in [-0.4, -0.2) is 74.9 Å². The molecule has 2 aliphatic heterocycles. The molecule has 1 fully saturated rings. The molecule has 0 bridgehead atoms. The first-order chi connectivity index (χ1) is 19.4. The lowest BCUT2D eigenvalue weighted by molar-refractivity contribution is -0.120. The van der Waals surface area contributed by atoms with Gasteiger partial charge in [0.1, 0.15) is 5.92 Å². The average molecular weight is 541 g/mol. The summed E-state index contributed by atoms with van der Waals surface area (Å²) < 4.78 is 10.5. The second kappa shape index (κ2) is 12.2. The highest BCUT2D eigenvalue weighted by Crippen LogP contribution is 2.37. The molecular weight excluding hydrogens is 508 g/mol. The van der Waals surface area contributed by atoms with E-state index in [-0.39, 0.29) is 18.4 Å². The number of carbonyl (C=O) groups excluding carboxylic acids is 3. The zero-order valence-corrected chi connectivity index (χ0v) is 22.6. The van der Waals surface area contributed by atoms with Crippen LogP contribution >= 0.6 is 0 Å². The molecular formula is C31H32N4O5. The fourth-order valence-corrected chi connectivity index (χ4v) is 4.87. The van der Waals surface area contributed by atoms with Gasteiger partial charge in [-0.3, -0.25) is 19.5 Å². The molecule has 1 N–H and O–H groups in total. The van der Waals surface area contributed by atoms with Gasteiger partial charge >= 0.3 is 5.97 Å². The van der Waals surface area contributed by atoms with Crippen LogP contribution in [0.2, 0.25) is 0 Å². The second-order valence-corrected chi connectivity index (χ2v) is 9.67. The molecule has 1 saturated heterocycles. The molecule has 206 valence electrons. The number of esters is 1. The summed E-state index contributed by atoms with van der Waals surface area (Å²) in [5, 5.41) is 2.91. The zero-order valence-electron chi connectivity index (χ0n) is 22.6. The molecule has 2 heterocycles. The molecule has 9 nitrogen and oxygen atoms in total. The summed E-state index contributed by atoms with van der Waals surface area (Å²) in [5.74, 6) is -1.31. The number of amides is 2. The SMILES string of the molecule is CCOC(=O)c1ccc2c(c1)NC(=O)C2C(=Nc1ccc(N(C)C(=O)CN2CCOCC2)cc1)c1ccccc1. The Hall–Kier alpha value is -4.34. The standard InChI is InChI=1S/C31H32N4O5/c1-3-40-31(38)22-9-14-25-26(19-22)33-30(37)28(25)29(21-7-5-4-6-8-21)32-23-10-12-24(13-11-23)34(2)27(36)20-35-15-17-39-18-16-35/h4-14,19,28H,3,15-18,20H2,1-2H3,(H,33,37). The van der Waals surface area contributed by atoms with Crippen LogP contribution in [0, 0.1) is 0 Å². The number of carbonyl (C=O) groups is 3. The average Bonchev–Trinajstić information content (AvgIpc) is 3.31. The van der Waals surface area contributed by atoms with Crippen molar-refractivity contribution in [2.45, 2.75) is 12.8 Å². The maximum atomic E-state index is 13.3. The molecule has 5 rings (SSSR count). The molecule has 3 aromatic rings. The van der Waals surface area contributed by atoms with Crippen LogP contribution in [0.15, 0.2) is 77.8 Å². The third kappa shape index (κ3) is 5.95. The molecule has 0 aromatic heterocycles. The number of aliphatic imine (C=N–C) groups is 1. The van der Waals surface area contributed by atoms with E-state index in [1.807, 2.05) is 54.6 Å². The van der Waals surface area contributed by atoms with E-state index in [0.29, 0.717) is 42.4 Å². The molecule has 0 radical (unpaired) electrons. The Morgan fingerprint density at radius 1 is 1.02 bits per heavy atom. The minimum absolute atomic E-state index is 0.00421. The Morgan fingerprint density at radius 3 is 2.45 bits per heavy atom. The smallest absolute Gasteiger partial charge is 0.338 e. The summed E-state index contributed by atoms with van der Waals surface area (Å²) >= 11 is 0. The number of rotatable bonds is 8. The van der Waals surface area contributed by atoms with Crippen LogP contribution in [0.25, 0.3) is 0 Å². The first-order valence-corrected chi connectivity index (χ1v) is 13.4. The number of hydrogen-bond acceptors (Lipinski definition) is 7. The summed E-state index contributed by atoms with van der Waals surface area (Å²) in [6.45, 7) is 5.14. The van der Waals surface area contributed by atoms with Crippen molar-refractivity contribution < 1.29 is 23.9 Å². The highest BCUT2D eigenvalue weighted by atomic mass is 16.5. The van der Waals surface area contributed by atoms with Gasteiger partial charge in [0, 0.05) is 31.5 Å². The summed E-state index contributed by atoms with van der Waals surface area (Å²) in [6.07, 6.45) is 0. The Bertz CT molecular complexity index is 1420. The van der Waals surface area contributed by atoms with Gasteiger partial charge in [-0.25, -0.2) is 4.79 Å². The maximum absolute atomic E-state index is 13.3. The van der Waals surface area contributed by atoms with Gasteiger partial charge in [-0.15, -0.1) is 0 Å². The predicted octanol–water partition coefficient (Wildman–Crippen LogP) is 4.02. The number of ether oxygens (including phenoxy) is 2. The van der Waals surface area contributed by atoms with Crippen molar-refractivity contribution in [2.24, 2.45) is 4.99 Å². The number of hydrogen-bond donors (Lipinski definition) is 1. The fraction of sp³-hybridized carbons (Fsp3) is 0.290. The third-order valence-corrected chi connectivity index (χ3v) is 7.06. The highest BCUT2D eigenvalue weighted by Gasteiger charge is 2.36. The number of benzene rings is 3. The Morgan fingerprint density at radius 2 is 1.75 bits per heavy atom. The summed E-state index contributed by atoms with van der Waals surface area (Å²) in [7, 11) is 1.76. The normalized spacial score (nSPS) is 17.2. The van der Waals surface area contributed by atoms with Crippen molar-refractivity contribution >= 4 is 40.6 Å². The number of nitrogens with zero attached hydrogens (tertiary/aromatic N) is 3. The Balaban J connectivity index is 1.42. The van der Waals surface area contributed by atoms with Crippen molar-refractivity contribution in [3.05, 3.63) is 89.5 Å². The molecule has 2 aliphatic rings. The number of anilines is 2. The van der Waals surface area contributed by atoms with E-state index in [0.717, 1.165) is 29.9 Å². The van der Waals surface area contributed by atoms with E-state index >= 15 is 0 Å².